The lowest BCUT2D eigenvalue weighted by Crippen LogP contribution is -2.53. The molecule has 2 rings (SSSR count). The number of nitrogens with one attached hydrogen (secondary N) is 1. The van der Waals surface area contributed by atoms with Gasteiger partial charge in [-0.3, -0.25) is 4.79 Å². The summed E-state index contributed by atoms with van der Waals surface area (Å²) >= 11 is 0. The number of hydrogen-bond acceptors (Lipinski definition) is 3. The van der Waals surface area contributed by atoms with Crippen molar-refractivity contribution in [2.75, 3.05) is 20.6 Å². The van der Waals surface area contributed by atoms with Crippen molar-refractivity contribution in [2.45, 2.75) is 69.9 Å². The number of nitrogens with zero attached hydrogens (tertiary/aromatic N) is 1. The summed E-state index contributed by atoms with van der Waals surface area (Å²) in [6.45, 7) is 4.35. The average Bonchev–Trinajstić information content (AvgIpc) is 2.58. The minimum absolute atomic E-state index is 0.000775. The van der Waals surface area contributed by atoms with E-state index in [4.69, 9.17) is 0 Å². The van der Waals surface area contributed by atoms with Crippen LogP contribution in [0.4, 0.5) is 0 Å². The highest BCUT2D eigenvalue weighted by Gasteiger charge is 2.34. The fourth-order valence-corrected chi connectivity index (χ4v) is 3.61. The molecule has 0 aliphatic heterocycles. The van der Waals surface area contributed by atoms with Gasteiger partial charge in [0, 0.05) is 17.6 Å². The van der Waals surface area contributed by atoms with E-state index in [0.717, 1.165) is 24.8 Å². The summed E-state index contributed by atoms with van der Waals surface area (Å²) in [5.74, 6) is 0.000775. The quantitative estimate of drug-likeness (QED) is 0.796. The van der Waals surface area contributed by atoms with Gasteiger partial charge < -0.3 is 15.3 Å². The monoisotopic (exact) mass is 346 g/mol. The van der Waals surface area contributed by atoms with E-state index in [2.05, 4.69) is 24.3 Å². The van der Waals surface area contributed by atoms with Crippen LogP contribution >= 0.6 is 0 Å². The molecule has 4 nitrogen and oxygen atoms in total. The van der Waals surface area contributed by atoms with E-state index in [0.29, 0.717) is 18.5 Å². The van der Waals surface area contributed by atoms with Crippen molar-refractivity contribution in [3.05, 3.63) is 35.4 Å². The molecule has 1 saturated carbocycles. The zero-order chi connectivity index (χ0) is 18.5. The summed E-state index contributed by atoms with van der Waals surface area (Å²) in [5, 5.41) is 13.0. The third-order valence-corrected chi connectivity index (χ3v) is 5.55. The van der Waals surface area contributed by atoms with Crippen LogP contribution in [0.1, 0.15) is 68.3 Å². The van der Waals surface area contributed by atoms with Crippen molar-refractivity contribution >= 4 is 5.91 Å². The van der Waals surface area contributed by atoms with E-state index in [9.17, 15) is 9.90 Å². The molecule has 140 valence electrons. The van der Waals surface area contributed by atoms with Crippen LogP contribution in [0.25, 0.3) is 0 Å². The van der Waals surface area contributed by atoms with Crippen molar-refractivity contribution in [2.24, 2.45) is 0 Å². The average molecular weight is 347 g/mol. The number of hydrogen-bond donors (Lipinski definition) is 2. The molecule has 0 spiro atoms. The fourth-order valence-electron chi connectivity index (χ4n) is 3.61. The Bertz CT molecular complexity index is 552. The smallest absolute Gasteiger partial charge is 0.251 e. The van der Waals surface area contributed by atoms with Gasteiger partial charge in [0.25, 0.3) is 5.91 Å². The lowest BCUT2D eigenvalue weighted by Gasteiger charge is -2.43. The molecule has 1 fully saturated rings. The highest BCUT2D eigenvalue weighted by atomic mass is 16.3. The summed E-state index contributed by atoms with van der Waals surface area (Å²) < 4.78 is 0. The van der Waals surface area contributed by atoms with Gasteiger partial charge in [0.1, 0.15) is 0 Å². The Morgan fingerprint density at radius 3 is 2.28 bits per heavy atom. The number of carbonyl (C=O) groups excluding carboxylic acids is 1. The second-order valence-corrected chi connectivity index (χ2v) is 8.37. The zero-order valence-corrected chi connectivity index (χ0v) is 16.3. The molecule has 1 aliphatic rings. The van der Waals surface area contributed by atoms with Gasteiger partial charge in [0.05, 0.1) is 5.60 Å². The van der Waals surface area contributed by atoms with Crippen LogP contribution in [0, 0.1) is 0 Å². The highest BCUT2D eigenvalue weighted by molar-refractivity contribution is 5.94. The molecule has 0 heterocycles. The van der Waals surface area contributed by atoms with E-state index >= 15 is 0 Å². The van der Waals surface area contributed by atoms with Gasteiger partial charge in [-0.05, 0) is 71.3 Å². The number of aliphatic hydroxyl groups is 1. The normalized spacial score (nSPS) is 17.5. The SMILES string of the molecule is CN(C)C1(CNC(=O)c2ccc(CCC(C)(C)O)cc2)CCCCC1. The van der Waals surface area contributed by atoms with Crippen LogP contribution in [0.2, 0.25) is 0 Å². The summed E-state index contributed by atoms with van der Waals surface area (Å²) in [7, 11) is 4.24. The molecule has 0 aromatic heterocycles. The summed E-state index contributed by atoms with van der Waals surface area (Å²) in [6.07, 6.45) is 7.61. The summed E-state index contributed by atoms with van der Waals surface area (Å²) in [6, 6.07) is 7.75. The molecule has 0 atom stereocenters. The first-order valence-corrected chi connectivity index (χ1v) is 9.49. The number of carbonyl (C=O) groups is 1. The molecule has 25 heavy (non-hydrogen) atoms. The highest BCUT2D eigenvalue weighted by Crippen LogP contribution is 2.31. The molecule has 1 aromatic carbocycles. The number of amides is 1. The Labute approximate surface area is 152 Å². The molecular weight excluding hydrogens is 312 g/mol. The van der Waals surface area contributed by atoms with Gasteiger partial charge in [0.15, 0.2) is 0 Å². The number of rotatable bonds is 7. The van der Waals surface area contributed by atoms with Crippen LogP contribution in [0.15, 0.2) is 24.3 Å². The number of aryl methyl sites for hydroxylation is 1. The van der Waals surface area contributed by atoms with E-state index < -0.39 is 5.60 Å². The van der Waals surface area contributed by atoms with Crippen LogP contribution in [-0.2, 0) is 6.42 Å². The maximum absolute atomic E-state index is 12.5. The molecule has 0 radical (unpaired) electrons. The molecule has 0 bridgehead atoms. The van der Waals surface area contributed by atoms with Crippen LogP contribution in [0.5, 0.6) is 0 Å². The maximum Gasteiger partial charge on any atom is 0.251 e. The summed E-state index contributed by atoms with van der Waals surface area (Å²) in [4.78, 5) is 14.8. The molecule has 0 saturated heterocycles. The standard InChI is InChI=1S/C21H34N2O2/c1-20(2,25)15-12-17-8-10-18(11-9-17)19(24)22-16-21(23(3)4)13-6-5-7-14-21/h8-11,25H,5-7,12-16H2,1-4H3,(H,22,24). The van der Waals surface area contributed by atoms with Crippen LogP contribution < -0.4 is 5.32 Å². The zero-order valence-electron chi connectivity index (χ0n) is 16.3. The second kappa shape index (κ2) is 8.33. The van der Waals surface area contributed by atoms with Crippen molar-refractivity contribution in [1.29, 1.82) is 0 Å². The van der Waals surface area contributed by atoms with Crippen molar-refractivity contribution < 1.29 is 9.90 Å². The third kappa shape index (κ3) is 5.82. The first-order valence-electron chi connectivity index (χ1n) is 9.49. The lowest BCUT2D eigenvalue weighted by atomic mass is 9.80. The molecular formula is C21H34N2O2. The minimum atomic E-state index is -0.656. The topological polar surface area (TPSA) is 52.6 Å². The predicted octanol–water partition coefficient (Wildman–Crippen LogP) is 3.38. The van der Waals surface area contributed by atoms with Gasteiger partial charge in [-0.25, -0.2) is 0 Å². The van der Waals surface area contributed by atoms with Gasteiger partial charge in [-0.15, -0.1) is 0 Å². The maximum atomic E-state index is 12.5. The number of benzene rings is 1. The minimum Gasteiger partial charge on any atom is -0.390 e. The molecule has 4 heteroatoms. The molecule has 0 unspecified atom stereocenters. The van der Waals surface area contributed by atoms with Crippen LogP contribution in [0.3, 0.4) is 0 Å². The Morgan fingerprint density at radius 2 is 1.76 bits per heavy atom. The Kier molecular flexibility index (Phi) is 6.64. The van der Waals surface area contributed by atoms with Crippen molar-refractivity contribution in [3.8, 4) is 0 Å². The van der Waals surface area contributed by atoms with Gasteiger partial charge >= 0.3 is 0 Å². The Hall–Kier alpha value is -1.39. The lowest BCUT2D eigenvalue weighted by molar-refractivity contribution is 0.0713. The van der Waals surface area contributed by atoms with Crippen LogP contribution in [-0.4, -0.2) is 47.7 Å². The predicted molar refractivity (Wildman–Crippen MR) is 103 cm³/mol. The molecule has 1 aromatic rings. The second-order valence-electron chi connectivity index (χ2n) is 8.37. The Balaban J connectivity index is 1.92. The van der Waals surface area contributed by atoms with E-state index in [1.54, 1.807) is 0 Å². The van der Waals surface area contributed by atoms with Crippen molar-refractivity contribution in [3.63, 3.8) is 0 Å². The van der Waals surface area contributed by atoms with Crippen molar-refractivity contribution in [1.82, 2.24) is 10.2 Å². The largest absolute Gasteiger partial charge is 0.390 e. The van der Waals surface area contributed by atoms with E-state index in [1.807, 2.05) is 38.1 Å². The first kappa shape index (κ1) is 19.9. The number of likely N-dealkylation sites (N-methyl/N-ethyl adjacent to an activating group) is 1. The third-order valence-electron chi connectivity index (χ3n) is 5.55. The molecule has 1 amide bonds. The first-order chi connectivity index (χ1) is 11.7. The fraction of sp³-hybridized carbons (Fsp3) is 0.667. The van der Waals surface area contributed by atoms with Gasteiger partial charge in [-0.2, -0.15) is 0 Å². The molecule has 2 N–H and O–H groups in total. The Morgan fingerprint density at radius 1 is 1.16 bits per heavy atom. The van der Waals surface area contributed by atoms with E-state index in [1.165, 1.54) is 19.3 Å². The summed E-state index contributed by atoms with van der Waals surface area (Å²) in [5.41, 5.74) is 1.30. The van der Waals surface area contributed by atoms with Gasteiger partial charge in [-0.1, -0.05) is 31.4 Å². The van der Waals surface area contributed by atoms with E-state index in [-0.39, 0.29) is 11.4 Å². The molecule has 1 aliphatic carbocycles. The van der Waals surface area contributed by atoms with Gasteiger partial charge in [0.2, 0.25) is 0 Å².